The molecule has 1 heterocycles. The van der Waals surface area contributed by atoms with Crippen LogP contribution in [0.3, 0.4) is 0 Å². The van der Waals surface area contributed by atoms with Crippen LogP contribution in [0.5, 0.6) is 5.75 Å². The molecule has 0 aliphatic carbocycles. The molecule has 0 bridgehead atoms. The summed E-state index contributed by atoms with van der Waals surface area (Å²) in [6.45, 7) is 0. The highest BCUT2D eigenvalue weighted by Gasteiger charge is 2.21. The highest BCUT2D eigenvalue weighted by atomic mass is 19.1. The minimum Gasteiger partial charge on any atom is -0.497 e. The van der Waals surface area contributed by atoms with Gasteiger partial charge in [0.15, 0.2) is 0 Å². The van der Waals surface area contributed by atoms with E-state index in [-0.39, 0.29) is 17.6 Å². The molecule has 0 radical (unpaired) electrons. The molecule has 3 N–H and O–H groups in total. The Morgan fingerprint density at radius 2 is 2.00 bits per heavy atom. The molecule has 3 rings (SSSR count). The number of nitrogens with two attached hydrogens (primary N) is 1. The molecule has 0 aliphatic rings. The summed E-state index contributed by atoms with van der Waals surface area (Å²) in [5, 5.41) is 3.05. The van der Waals surface area contributed by atoms with Gasteiger partial charge in [0, 0.05) is 29.5 Å². The second-order valence-corrected chi connectivity index (χ2v) is 6.10. The van der Waals surface area contributed by atoms with Crippen molar-refractivity contribution in [3.63, 3.8) is 0 Å². The molecule has 2 amide bonds. The number of halogens is 1. The highest BCUT2D eigenvalue weighted by Crippen LogP contribution is 2.23. The molecule has 7 nitrogen and oxygen atoms in total. The van der Waals surface area contributed by atoms with Gasteiger partial charge in [0.1, 0.15) is 23.2 Å². The van der Waals surface area contributed by atoms with Gasteiger partial charge >= 0.3 is 5.63 Å². The van der Waals surface area contributed by atoms with Gasteiger partial charge in [-0.15, -0.1) is 0 Å². The van der Waals surface area contributed by atoms with Gasteiger partial charge in [-0.3, -0.25) is 9.59 Å². The average molecular weight is 384 g/mol. The molecule has 144 valence electrons. The Kier molecular flexibility index (Phi) is 5.39. The first kappa shape index (κ1) is 19.1. The Morgan fingerprint density at radius 3 is 2.68 bits per heavy atom. The second kappa shape index (κ2) is 7.91. The van der Waals surface area contributed by atoms with Crippen molar-refractivity contribution in [2.45, 2.75) is 12.5 Å². The quantitative estimate of drug-likeness (QED) is 0.629. The number of ether oxygens (including phenoxy) is 1. The van der Waals surface area contributed by atoms with Gasteiger partial charge < -0.3 is 20.2 Å². The van der Waals surface area contributed by atoms with Crippen LogP contribution in [-0.2, 0) is 11.2 Å². The van der Waals surface area contributed by atoms with Gasteiger partial charge in [-0.05, 0) is 35.9 Å². The van der Waals surface area contributed by atoms with Crippen LogP contribution >= 0.6 is 0 Å². The minimum absolute atomic E-state index is 0.0369. The van der Waals surface area contributed by atoms with E-state index < -0.39 is 29.3 Å². The van der Waals surface area contributed by atoms with Gasteiger partial charge in [0.05, 0.1) is 7.11 Å². The third-order valence-corrected chi connectivity index (χ3v) is 4.20. The largest absolute Gasteiger partial charge is 0.497 e. The van der Waals surface area contributed by atoms with Gasteiger partial charge in [-0.25, -0.2) is 9.18 Å². The van der Waals surface area contributed by atoms with Crippen molar-refractivity contribution < 1.29 is 23.1 Å². The van der Waals surface area contributed by atoms with Crippen molar-refractivity contribution in [2.75, 3.05) is 7.11 Å². The van der Waals surface area contributed by atoms with Crippen molar-refractivity contribution in [1.29, 1.82) is 0 Å². The lowest BCUT2D eigenvalue weighted by molar-refractivity contribution is -0.119. The van der Waals surface area contributed by atoms with Crippen molar-refractivity contribution >= 4 is 22.8 Å². The van der Waals surface area contributed by atoms with Crippen LogP contribution in [0, 0.1) is 5.82 Å². The first-order valence-corrected chi connectivity index (χ1v) is 8.34. The number of amides is 2. The first-order chi connectivity index (χ1) is 13.4. The third kappa shape index (κ3) is 4.17. The maximum atomic E-state index is 13.3. The molecule has 3 aromatic rings. The maximum Gasteiger partial charge on any atom is 0.336 e. The van der Waals surface area contributed by atoms with Crippen molar-refractivity contribution in [1.82, 2.24) is 5.32 Å². The Bertz CT molecular complexity index is 1110. The van der Waals surface area contributed by atoms with Crippen molar-refractivity contribution in [3.8, 4) is 5.75 Å². The Morgan fingerprint density at radius 1 is 1.21 bits per heavy atom. The van der Waals surface area contributed by atoms with E-state index >= 15 is 0 Å². The fraction of sp³-hybridized carbons (Fsp3) is 0.150. The normalized spacial score (nSPS) is 11.8. The summed E-state index contributed by atoms with van der Waals surface area (Å²) in [5.41, 5.74) is 5.60. The summed E-state index contributed by atoms with van der Waals surface area (Å²) in [6.07, 6.45) is -0.0369. The second-order valence-electron chi connectivity index (χ2n) is 6.10. The van der Waals surface area contributed by atoms with Crippen LogP contribution < -0.4 is 21.4 Å². The zero-order valence-electron chi connectivity index (χ0n) is 14.9. The van der Waals surface area contributed by atoms with Crippen LogP contribution in [0.25, 0.3) is 11.0 Å². The van der Waals surface area contributed by atoms with Crippen molar-refractivity contribution in [3.05, 3.63) is 75.9 Å². The molecule has 0 aliphatic heterocycles. The summed E-state index contributed by atoms with van der Waals surface area (Å²) in [5.74, 6) is -1.53. The lowest BCUT2D eigenvalue weighted by Gasteiger charge is -2.16. The topological polar surface area (TPSA) is 112 Å². The van der Waals surface area contributed by atoms with E-state index in [4.69, 9.17) is 14.9 Å². The van der Waals surface area contributed by atoms with E-state index in [1.54, 1.807) is 18.2 Å². The standard InChI is InChI=1S/C20H17FN2O5/c1-27-14-5-6-15-12(9-18(24)28-17(15)10-14)8-16(19(22)25)23-20(26)11-3-2-4-13(21)7-11/h2-7,9-10,16H,8H2,1H3,(H2,22,25)(H,23,26)/t16-/m0/s1. The van der Waals surface area contributed by atoms with Crippen LogP contribution in [0.15, 0.2) is 57.7 Å². The summed E-state index contributed by atoms with van der Waals surface area (Å²) >= 11 is 0. The summed E-state index contributed by atoms with van der Waals surface area (Å²) in [7, 11) is 1.48. The predicted octanol–water partition coefficient (Wildman–Crippen LogP) is 1.77. The van der Waals surface area contributed by atoms with Crippen molar-refractivity contribution in [2.24, 2.45) is 5.73 Å². The Hall–Kier alpha value is -3.68. The van der Waals surface area contributed by atoms with Crippen LogP contribution in [0.2, 0.25) is 0 Å². The molecule has 8 heteroatoms. The van der Waals surface area contributed by atoms with Gasteiger partial charge in [0.2, 0.25) is 5.91 Å². The van der Waals surface area contributed by atoms with E-state index in [0.29, 0.717) is 16.7 Å². The summed E-state index contributed by atoms with van der Waals surface area (Å²) < 4.78 is 23.6. The number of carbonyl (C=O) groups excluding carboxylic acids is 2. The number of carbonyl (C=O) groups is 2. The lowest BCUT2D eigenvalue weighted by atomic mass is 10.0. The molecule has 1 atom stereocenters. The van der Waals surface area contributed by atoms with Crippen LogP contribution in [-0.4, -0.2) is 25.0 Å². The molecule has 1 aromatic heterocycles. The first-order valence-electron chi connectivity index (χ1n) is 8.34. The molecule has 0 unspecified atom stereocenters. The number of benzene rings is 2. The number of methoxy groups -OCH3 is 1. The predicted molar refractivity (Wildman–Crippen MR) is 99.6 cm³/mol. The average Bonchev–Trinajstić information content (AvgIpc) is 2.66. The Balaban J connectivity index is 1.91. The molecule has 0 fully saturated rings. The van der Waals surface area contributed by atoms with E-state index in [1.807, 2.05) is 0 Å². The zero-order valence-corrected chi connectivity index (χ0v) is 14.9. The number of hydrogen-bond donors (Lipinski definition) is 2. The Labute approximate surface area is 158 Å². The van der Waals surface area contributed by atoms with Crippen LogP contribution in [0.4, 0.5) is 4.39 Å². The SMILES string of the molecule is COc1ccc2c(C[C@H](NC(=O)c3cccc(F)c3)C(N)=O)cc(=O)oc2c1. The molecule has 0 saturated heterocycles. The number of nitrogens with one attached hydrogen (secondary N) is 1. The van der Waals surface area contributed by atoms with Crippen LogP contribution in [0.1, 0.15) is 15.9 Å². The third-order valence-electron chi connectivity index (χ3n) is 4.20. The van der Waals surface area contributed by atoms with E-state index in [9.17, 15) is 18.8 Å². The molecular formula is C20H17FN2O5. The fourth-order valence-electron chi connectivity index (χ4n) is 2.82. The van der Waals surface area contributed by atoms with Gasteiger partial charge in [-0.1, -0.05) is 6.07 Å². The monoisotopic (exact) mass is 384 g/mol. The molecule has 0 saturated carbocycles. The van der Waals surface area contributed by atoms with Gasteiger partial charge in [-0.2, -0.15) is 0 Å². The van der Waals surface area contributed by atoms with E-state index in [2.05, 4.69) is 5.32 Å². The minimum atomic E-state index is -1.11. The molecule has 28 heavy (non-hydrogen) atoms. The molecular weight excluding hydrogens is 367 g/mol. The van der Waals surface area contributed by atoms with E-state index in [1.165, 1.54) is 31.4 Å². The number of fused-ring (bicyclic) bond motifs is 1. The molecule has 2 aromatic carbocycles. The summed E-state index contributed by atoms with van der Waals surface area (Å²) in [4.78, 5) is 36.1. The van der Waals surface area contributed by atoms with E-state index in [0.717, 1.165) is 6.07 Å². The number of rotatable bonds is 6. The highest BCUT2D eigenvalue weighted by molar-refractivity contribution is 5.97. The molecule has 0 spiro atoms. The maximum absolute atomic E-state index is 13.3. The zero-order chi connectivity index (χ0) is 20.3. The van der Waals surface area contributed by atoms with Gasteiger partial charge in [0.25, 0.3) is 5.91 Å². The number of hydrogen-bond acceptors (Lipinski definition) is 5. The summed E-state index contributed by atoms with van der Waals surface area (Å²) in [6, 6.07) is 10.1. The lowest BCUT2D eigenvalue weighted by Crippen LogP contribution is -2.46. The number of primary amides is 1. The smallest absolute Gasteiger partial charge is 0.336 e. The fourth-order valence-corrected chi connectivity index (χ4v) is 2.82.